The molecule has 43 heavy (non-hydrogen) atoms. The van der Waals surface area contributed by atoms with Crippen molar-refractivity contribution in [1.29, 1.82) is 0 Å². The maximum Gasteiger partial charge on any atom is 0.252 e. The summed E-state index contributed by atoms with van der Waals surface area (Å²) in [4.78, 5) is 16.2. The number of rotatable bonds is 11. The highest BCUT2D eigenvalue weighted by molar-refractivity contribution is 7.91. The number of imidazole rings is 1. The summed E-state index contributed by atoms with van der Waals surface area (Å²) in [5, 5.41) is 3.42. The van der Waals surface area contributed by atoms with E-state index in [0.717, 1.165) is 28.2 Å². The Morgan fingerprint density at radius 3 is 2.65 bits per heavy atom. The van der Waals surface area contributed by atoms with Gasteiger partial charge in [-0.25, -0.2) is 13.4 Å². The van der Waals surface area contributed by atoms with Gasteiger partial charge in [-0.15, -0.1) is 11.3 Å². The number of likely N-dealkylation sites (N-methyl/N-ethyl adjacent to an activating group) is 2. The zero-order valence-electron chi connectivity index (χ0n) is 23.8. The van der Waals surface area contributed by atoms with Crippen molar-refractivity contribution in [2.24, 2.45) is 0 Å². The molecule has 0 saturated carbocycles. The molecule has 14 heteroatoms. The van der Waals surface area contributed by atoms with Crippen molar-refractivity contribution >= 4 is 55.9 Å². The lowest BCUT2D eigenvalue weighted by Gasteiger charge is -2.22. The Labute approximate surface area is 258 Å². The zero-order chi connectivity index (χ0) is 30.1. The summed E-state index contributed by atoms with van der Waals surface area (Å²) in [6.45, 7) is 3.91. The molecule has 1 aliphatic rings. The molecule has 11 nitrogen and oxygen atoms in total. The first-order chi connectivity index (χ1) is 20.7. The van der Waals surface area contributed by atoms with Crippen LogP contribution in [-0.2, 0) is 23.1 Å². The average Bonchev–Trinajstić information content (AvgIpc) is 3.74. The molecule has 0 atom stereocenters. The molecule has 3 aromatic heterocycles. The van der Waals surface area contributed by atoms with Crippen LogP contribution in [0.25, 0.3) is 11.2 Å². The lowest BCUT2D eigenvalue weighted by atomic mass is 10.1. The quantitative estimate of drug-likeness (QED) is 0.213. The van der Waals surface area contributed by atoms with Gasteiger partial charge in [-0.05, 0) is 42.3 Å². The van der Waals surface area contributed by atoms with E-state index in [-0.39, 0.29) is 17.5 Å². The largest absolute Gasteiger partial charge is 0.454 e. The lowest BCUT2D eigenvalue weighted by Crippen LogP contribution is -2.35. The topological polar surface area (TPSA) is 115 Å². The third-order valence-electron chi connectivity index (χ3n) is 7.09. The van der Waals surface area contributed by atoms with Crippen LogP contribution >= 0.6 is 22.9 Å². The van der Waals surface area contributed by atoms with Crippen LogP contribution in [0, 0.1) is 6.92 Å². The maximum absolute atomic E-state index is 13.0. The van der Waals surface area contributed by atoms with E-state index in [1.54, 1.807) is 19.4 Å². The van der Waals surface area contributed by atoms with Crippen molar-refractivity contribution in [3.05, 3.63) is 82.0 Å². The van der Waals surface area contributed by atoms with E-state index < -0.39 is 10.0 Å². The molecule has 0 spiro atoms. The molecule has 5 aromatic rings. The maximum atomic E-state index is 13.0. The predicted octanol–water partition coefficient (Wildman–Crippen LogP) is 5.00. The molecule has 0 unspecified atom stereocenters. The minimum Gasteiger partial charge on any atom is -0.454 e. The highest BCUT2D eigenvalue weighted by Crippen LogP contribution is 2.33. The first-order valence-corrected chi connectivity index (χ1v) is 16.1. The fourth-order valence-electron chi connectivity index (χ4n) is 4.69. The van der Waals surface area contributed by atoms with Crippen molar-refractivity contribution in [1.82, 2.24) is 23.8 Å². The molecule has 0 bridgehead atoms. The van der Waals surface area contributed by atoms with Crippen LogP contribution in [0.5, 0.6) is 11.5 Å². The number of benzene rings is 2. The summed E-state index contributed by atoms with van der Waals surface area (Å²) in [5.74, 6) is 2.44. The number of ether oxygens (including phenoxy) is 2. The fourth-order valence-corrected chi connectivity index (χ4v) is 7.54. The van der Waals surface area contributed by atoms with Crippen molar-refractivity contribution in [3.63, 3.8) is 0 Å². The number of nitrogens with zero attached hydrogens (tertiary/aromatic N) is 6. The number of hydrogen-bond donors (Lipinski definition) is 1. The van der Waals surface area contributed by atoms with Crippen LogP contribution in [0.15, 0.2) is 65.1 Å². The van der Waals surface area contributed by atoms with Gasteiger partial charge in [0.25, 0.3) is 10.0 Å². The second-order valence-electron chi connectivity index (χ2n) is 10.3. The van der Waals surface area contributed by atoms with Gasteiger partial charge in [0.1, 0.15) is 4.21 Å². The molecule has 2 aromatic carbocycles. The lowest BCUT2D eigenvalue weighted by molar-refractivity contribution is 0.174. The van der Waals surface area contributed by atoms with E-state index in [9.17, 15) is 8.42 Å². The van der Waals surface area contributed by atoms with Crippen molar-refractivity contribution in [3.8, 4) is 11.5 Å². The Bertz CT molecular complexity index is 1890. The second-order valence-corrected chi connectivity index (χ2v) is 14.2. The molecule has 4 heterocycles. The van der Waals surface area contributed by atoms with Crippen LogP contribution in [0.4, 0.5) is 11.8 Å². The first kappa shape index (κ1) is 29.2. The number of aromatic nitrogens is 4. The number of hydrogen-bond acceptors (Lipinski definition) is 10. The number of aryl methyl sites for hydroxylation is 1. The summed E-state index contributed by atoms with van der Waals surface area (Å²) < 4.78 is 40.9. The summed E-state index contributed by atoms with van der Waals surface area (Å²) in [6, 6.07) is 17.2. The number of nitrogens with one attached hydrogen (secondary N) is 1. The molecule has 6 rings (SSSR count). The molecule has 1 N–H and O–H groups in total. The fraction of sp³-hybridized carbons (Fsp3) is 0.276. The van der Waals surface area contributed by atoms with Crippen LogP contribution in [0.3, 0.4) is 0 Å². The molecule has 224 valence electrons. The Kier molecular flexibility index (Phi) is 8.14. The SMILES string of the molecule is Cc1cccc(Cn2cnc3c(NCc4ccc5c(c4)OCO5)nc(N(C)CCN(C)S(=O)(=O)c4ccc(Cl)s4)nc32)c1. The minimum atomic E-state index is -3.66. The third kappa shape index (κ3) is 6.25. The van der Waals surface area contributed by atoms with Crippen LogP contribution < -0.4 is 19.7 Å². The highest BCUT2D eigenvalue weighted by atomic mass is 35.5. The third-order valence-corrected chi connectivity index (χ3v) is 10.6. The smallest absolute Gasteiger partial charge is 0.252 e. The van der Waals surface area contributed by atoms with E-state index in [1.807, 2.05) is 40.8 Å². The number of sulfonamides is 1. The minimum absolute atomic E-state index is 0.204. The molecule has 1 aliphatic heterocycles. The summed E-state index contributed by atoms with van der Waals surface area (Å²) >= 11 is 7.01. The van der Waals surface area contributed by atoms with Gasteiger partial charge in [-0.3, -0.25) is 0 Å². The molecule has 0 amide bonds. The number of halogens is 1. The zero-order valence-corrected chi connectivity index (χ0v) is 26.2. The predicted molar refractivity (Wildman–Crippen MR) is 168 cm³/mol. The summed E-state index contributed by atoms with van der Waals surface area (Å²) in [6.07, 6.45) is 1.77. The Morgan fingerprint density at radius 1 is 1.02 bits per heavy atom. The number of fused-ring (bicyclic) bond motifs is 2. The number of anilines is 2. The Morgan fingerprint density at radius 2 is 1.86 bits per heavy atom. The van der Waals surface area contributed by atoms with Gasteiger partial charge in [0, 0.05) is 33.7 Å². The van der Waals surface area contributed by atoms with Crippen LogP contribution in [0.2, 0.25) is 4.34 Å². The Balaban J connectivity index is 1.27. The average molecular weight is 640 g/mol. The van der Waals surface area contributed by atoms with Gasteiger partial charge in [0.15, 0.2) is 28.5 Å². The molecule has 0 aliphatic carbocycles. The van der Waals surface area contributed by atoms with Crippen molar-refractivity contribution in [2.45, 2.75) is 24.2 Å². The first-order valence-electron chi connectivity index (χ1n) is 13.5. The molecule has 0 saturated heterocycles. The van der Waals surface area contributed by atoms with Crippen LogP contribution in [-0.4, -0.2) is 66.2 Å². The highest BCUT2D eigenvalue weighted by Gasteiger charge is 2.24. The van der Waals surface area contributed by atoms with E-state index in [0.29, 0.717) is 52.7 Å². The van der Waals surface area contributed by atoms with Crippen LogP contribution in [0.1, 0.15) is 16.7 Å². The second kappa shape index (κ2) is 12.0. The van der Waals surface area contributed by atoms with Gasteiger partial charge in [0.2, 0.25) is 12.7 Å². The van der Waals surface area contributed by atoms with E-state index in [2.05, 4.69) is 35.4 Å². The van der Waals surface area contributed by atoms with Gasteiger partial charge in [-0.2, -0.15) is 14.3 Å². The Hall–Kier alpha value is -3.91. The standard InChI is InChI=1S/C29H30ClN7O4S2/c1-19-5-4-6-21(13-19)16-37-17-32-26-27(31-15-20-7-8-22-23(14-20)41-18-40-22)33-29(34-28(26)37)35(2)11-12-36(3)43(38,39)25-10-9-24(30)42-25/h4-10,13-14,17H,11-12,15-16,18H2,1-3H3,(H,31,33,34). The number of thiophene rings is 1. The van der Waals surface area contributed by atoms with Crippen molar-refractivity contribution in [2.75, 3.05) is 44.2 Å². The van der Waals surface area contributed by atoms with Gasteiger partial charge >= 0.3 is 0 Å². The monoisotopic (exact) mass is 639 g/mol. The molecular weight excluding hydrogens is 610 g/mol. The van der Waals surface area contributed by atoms with E-state index in [1.165, 1.54) is 15.9 Å². The van der Waals surface area contributed by atoms with Gasteiger partial charge < -0.3 is 24.3 Å². The van der Waals surface area contributed by atoms with Gasteiger partial charge in [0.05, 0.1) is 17.2 Å². The normalized spacial score (nSPS) is 12.8. The molecular formula is C29H30ClN7O4S2. The van der Waals surface area contributed by atoms with E-state index in [4.69, 9.17) is 31.0 Å². The molecule has 0 fully saturated rings. The summed E-state index contributed by atoms with van der Waals surface area (Å²) in [5.41, 5.74) is 4.60. The van der Waals surface area contributed by atoms with Crippen molar-refractivity contribution < 1.29 is 17.9 Å². The summed E-state index contributed by atoms with van der Waals surface area (Å²) in [7, 11) is -0.273. The van der Waals surface area contributed by atoms with E-state index >= 15 is 0 Å². The molecule has 0 radical (unpaired) electrons. The van der Waals surface area contributed by atoms with Gasteiger partial charge in [-0.1, -0.05) is 47.5 Å².